The summed E-state index contributed by atoms with van der Waals surface area (Å²) >= 11 is 0. The van der Waals surface area contributed by atoms with Gasteiger partial charge in [-0.15, -0.1) is 0 Å². The zero-order valence-corrected chi connectivity index (χ0v) is 11.5. The molecule has 0 aliphatic carbocycles. The summed E-state index contributed by atoms with van der Waals surface area (Å²) in [5.74, 6) is 0.135. The van der Waals surface area contributed by atoms with E-state index in [1.54, 1.807) is 0 Å². The van der Waals surface area contributed by atoms with Gasteiger partial charge >= 0.3 is 0 Å². The van der Waals surface area contributed by atoms with Crippen molar-refractivity contribution in [1.29, 1.82) is 0 Å². The van der Waals surface area contributed by atoms with E-state index in [0.29, 0.717) is 6.04 Å². The van der Waals surface area contributed by atoms with E-state index in [0.717, 1.165) is 39.0 Å². The van der Waals surface area contributed by atoms with Crippen molar-refractivity contribution in [2.45, 2.75) is 52.1 Å². The van der Waals surface area contributed by atoms with Crippen molar-refractivity contribution in [1.82, 2.24) is 9.80 Å². The third kappa shape index (κ3) is 3.96. The second-order valence-electron chi connectivity index (χ2n) is 5.01. The fourth-order valence-electron chi connectivity index (χ4n) is 2.31. The Bertz CT molecular complexity index is 237. The van der Waals surface area contributed by atoms with Crippen molar-refractivity contribution in [3.05, 3.63) is 0 Å². The minimum Gasteiger partial charge on any atom is -0.339 e. The van der Waals surface area contributed by atoms with Crippen LogP contribution in [0.3, 0.4) is 0 Å². The molecule has 1 rings (SSSR count). The molecule has 1 heterocycles. The van der Waals surface area contributed by atoms with Crippen molar-refractivity contribution in [3.8, 4) is 0 Å². The molecule has 0 saturated carbocycles. The van der Waals surface area contributed by atoms with E-state index in [4.69, 9.17) is 5.73 Å². The van der Waals surface area contributed by atoms with Crippen molar-refractivity contribution in [3.63, 3.8) is 0 Å². The SMILES string of the molecule is CCC[C@H](N)C(=O)N1CCN(C(C)CC)CC1. The number of nitrogens with two attached hydrogens (primary N) is 1. The Hall–Kier alpha value is -0.610. The van der Waals surface area contributed by atoms with Gasteiger partial charge in [0.15, 0.2) is 0 Å². The summed E-state index contributed by atoms with van der Waals surface area (Å²) in [5.41, 5.74) is 5.87. The molecule has 1 amide bonds. The molecule has 1 saturated heterocycles. The molecule has 0 aromatic rings. The average Bonchev–Trinajstić information content (AvgIpc) is 2.37. The smallest absolute Gasteiger partial charge is 0.239 e. The number of amides is 1. The van der Waals surface area contributed by atoms with Crippen molar-refractivity contribution in [2.75, 3.05) is 26.2 Å². The first-order valence-electron chi connectivity index (χ1n) is 6.88. The Labute approximate surface area is 105 Å². The molecule has 0 aromatic heterocycles. The van der Waals surface area contributed by atoms with Gasteiger partial charge in [-0.2, -0.15) is 0 Å². The Morgan fingerprint density at radius 2 is 1.82 bits per heavy atom. The summed E-state index contributed by atoms with van der Waals surface area (Å²) in [6, 6.07) is 0.326. The first-order chi connectivity index (χ1) is 8.10. The van der Waals surface area contributed by atoms with Gasteiger partial charge in [0.1, 0.15) is 0 Å². The highest BCUT2D eigenvalue weighted by Gasteiger charge is 2.25. The van der Waals surface area contributed by atoms with Gasteiger partial charge in [-0.25, -0.2) is 0 Å². The predicted molar refractivity (Wildman–Crippen MR) is 70.8 cm³/mol. The lowest BCUT2D eigenvalue weighted by Gasteiger charge is -2.38. The van der Waals surface area contributed by atoms with Crippen LogP contribution in [0.15, 0.2) is 0 Å². The highest BCUT2D eigenvalue weighted by molar-refractivity contribution is 5.81. The van der Waals surface area contributed by atoms with Crippen LogP contribution >= 0.6 is 0 Å². The highest BCUT2D eigenvalue weighted by Crippen LogP contribution is 2.10. The molecule has 4 heteroatoms. The zero-order chi connectivity index (χ0) is 12.8. The van der Waals surface area contributed by atoms with E-state index in [1.165, 1.54) is 6.42 Å². The van der Waals surface area contributed by atoms with Gasteiger partial charge in [-0.1, -0.05) is 20.3 Å². The molecule has 0 spiro atoms. The molecule has 2 atom stereocenters. The maximum Gasteiger partial charge on any atom is 0.239 e. The van der Waals surface area contributed by atoms with Crippen molar-refractivity contribution in [2.24, 2.45) is 5.73 Å². The minimum absolute atomic E-state index is 0.135. The van der Waals surface area contributed by atoms with E-state index in [1.807, 2.05) is 4.90 Å². The Morgan fingerprint density at radius 3 is 2.29 bits per heavy atom. The van der Waals surface area contributed by atoms with E-state index in [-0.39, 0.29) is 11.9 Å². The van der Waals surface area contributed by atoms with Crippen LogP contribution in [-0.4, -0.2) is 54.0 Å². The maximum atomic E-state index is 12.0. The average molecular weight is 241 g/mol. The van der Waals surface area contributed by atoms with Crippen LogP contribution < -0.4 is 5.73 Å². The van der Waals surface area contributed by atoms with Crippen LogP contribution in [0, 0.1) is 0 Å². The third-order valence-corrected chi connectivity index (χ3v) is 3.76. The van der Waals surface area contributed by atoms with Crippen LogP contribution in [0.2, 0.25) is 0 Å². The summed E-state index contributed by atoms with van der Waals surface area (Å²) in [7, 11) is 0. The third-order valence-electron chi connectivity index (χ3n) is 3.76. The first kappa shape index (κ1) is 14.5. The molecule has 4 nitrogen and oxygen atoms in total. The predicted octanol–water partition coefficient (Wildman–Crippen LogP) is 1.06. The van der Waals surface area contributed by atoms with Crippen LogP contribution in [0.1, 0.15) is 40.0 Å². The van der Waals surface area contributed by atoms with Crippen molar-refractivity contribution < 1.29 is 4.79 Å². The Balaban J connectivity index is 2.38. The molecule has 0 radical (unpaired) electrons. The van der Waals surface area contributed by atoms with Gasteiger partial charge in [-0.05, 0) is 19.8 Å². The van der Waals surface area contributed by atoms with Gasteiger partial charge < -0.3 is 10.6 Å². The van der Waals surface area contributed by atoms with Crippen LogP contribution in [0.4, 0.5) is 0 Å². The molecule has 2 N–H and O–H groups in total. The molecular formula is C13H27N3O. The fourth-order valence-corrected chi connectivity index (χ4v) is 2.31. The Kier molecular flexibility index (Phi) is 5.92. The number of carbonyl (C=O) groups is 1. The quantitative estimate of drug-likeness (QED) is 0.783. The first-order valence-corrected chi connectivity index (χ1v) is 6.88. The fraction of sp³-hybridized carbons (Fsp3) is 0.923. The van der Waals surface area contributed by atoms with Crippen LogP contribution in [0.25, 0.3) is 0 Å². The summed E-state index contributed by atoms with van der Waals surface area (Å²) in [4.78, 5) is 16.4. The van der Waals surface area contributed by atoms with Crippen molar-refractivity contribution >= 4 is 5.91 Å². The highest BCUT2D eigenvalue weighted by atomic mass is 16.2. The van der Waals surface area contributed by atoms with Gasteiger partial charge in [0.25, 0.3) is 0 Å². The van der Waals surface area contributed by atoms with E-state index < -0.39 is 0 Å². The van der Waals surface area contributed by atoms with E-state index in [2.05, 4.69) is 25.7 Å². The molecule has 1 fully saturated rings. The molecule has 1 aliphatic heterocycles. The largest absolute Gasteiger partial charge is 0.339 e. The zero-order valence-electron chi connectivity index (χ0n) is 11.5. The molecule has 0 bridgehead atoms. The second-order valence-corrected chi connectivity index (χ2v) is 5.01. The number of carbonyl (C=O) groups excluding carboxylic acids is 1. The molecule has 0 aromatic carbocycles. The number of nitrogens with zero attached hydrogens (tertiary/aromatic N) is 2. The number of rotatable bonds is 5. The Morgan fingerprint density at radius 1 is 1.24 bits per heavy atom. The van der Waals surface area contributed by atoms with Gasteiger partial charge in [0, 0.05) is 32.2 Å². The second kappa shape index (κ2) is 6.97. The molecule has 1 aliphatic rings. The molecule has 17 heavy (non-hydrogen) atoms. The monoisotopic (exact) mass is 241 g/mol. The summed E-state index contributed by atoms with van der Waals surface area (Å²) < 4.78 is 0. The van der Waals surface area contributed by atoms with Gasteiger partial charge in [-0.3, -0.25) is 9.69 Å². The molecule has 1 unspecified atom stereocenters. The number of hydrogen-bond acceptors (Lipinski definition) is 3. The summed E-state index contributed by atoms with van der Waals surface area (Å²) in [5, 5.41) is 0. The lowest BCUT2D eigenvalue weighted by molar-refractivity contribution is -0.134. The lowest BCUT2D eigenvalue weighted by atomic mass is 10.1. The molecular weight excluding hydrogens is 214 g/mol. The number of piperazine rings is 1. The number of hydrogen-bond donors (Lipinski definition) is 1. The van der Waals surface area contributed by atoms with Crippen LogP contribution in [-0.2, 0) is 4.79 Å². The van der Waals surface area contributed by atoms with E-state index >= 15 is 0 Å². The lowest BCUT2D eigenvalue weighted by Crippen LogP contribution is -2.54. The standard InChI is InChI=1S/C13H27N3O/c1-4-6-12(14)13(17)16-9-7-15(8-10-16)11(3)5-2/h11-12H,4-10,14H2,1-3H3/t11?,12-/m0/s1. The summed E-state index contributed by atoms with van der Waals surface area (Å²) in [6.07, 6.45) is 2.94. The normalized spacial score (nSPS) is 21.3. The van der Waals surface area contributed by atoms with Crippen LogP contribution in [0.5, 0.6) is 0 Å². The summed E-state index contributed by atoms with van der Waals surface area (Å²) in [6.45, 7) is 10.2. The van der Waals surface area contributed by atoms with Gasteiger partial charge in [0.05, 0.1) is 6.04 Å². The topological polar surface area (TPSA) is 49.6 Å². The maximum absolute atomic E-state index is 12.0. The van der Waals surface area contributed by atoms with Gasteiger partial charge in [0.2, 0.25) is 5.91 Å². The van der Waals surface area contributed by atoms with E-state index in [9.17, 15) is 4.79 Å². The minimum atomic E-state index is -0.296. The molecule has 100 valence electrons.